The number of aromatic nitrogens is 3. The lowest BCUT2D eigenvalue weighted by Gasteiger charge is -2.37. The van der Waals surface area contributed by atoms with Gasteiger partial charge in [0.05, 0.1) is 24.3 Å². The highest BCUT2D eigenvalue weighted by Crippen LogP contribution is 2.33. The summed E-state index contributed by atoms with van der Waals surface area (Å²) in [6, 6.07) is 11.1. The predicted octanol–water partition coefficient (Wildman–Crippen LogP) is 1.98. The first-order valence-electron chi connectivity index (χ1n) is 10.4. The molecule has 0 radical (unpaired) electrons. The number of anilines is 2. The minimum Gasteiger partial charge on any atom is -0.383 e. The van der Waals surface area contributed by atoms with E-state index in [0.717, 1.165) is 31.5 Å². The molecule has 0 bridgehead atoms. The van der Waals surface area contributed by atoms with Crippen LogP contribution in [-0.4, -0.2) is 60.0 Å². The lowest BCUT2D eigenvalue weighted by molar-refractivity contribution is -0.169. The maximum absolute atomic E-state index is 12.0. The molecule has 3 N–H and O–H groups in total. The molecule has 9 heteroatoms. The van der Waals surface area contributed by atoms with Gasteiger partial charge in [0.25, 0.3) is 5.91 Å². The molecule has 3 aromatic rings. The molecule has 0 saturated carbocycles. The van der Waals surface area contributed by atoms with E-state index in [4.69, 9.17) is 25.2 Å². The van der Waals surface area contributed by atoms with Crippen LogP contribution in [0.2, 0.25) is 0 Å². The van der Waals surface area contributed by atoms with Crippen LogP contribution in [0, 0.1) is 0 Å². The molecule has 5 rings (SSSR count). The average Bonchev–Trinajstić information content (AvgIpc) is 3.26. The topological polar surface area (TPSA) is 115 Å². The lowest BCUT2D eigenvalue weighted by Crippen LogP contribution is -2.45. The Balaban J connectivity index is 1.46. The number of nitrogens with one attached hydrogen (secondary N) is 1. The van der Waals surface area contributed by atoms with E-state index in [-0.39, 0.29) is 5.91 Å². The van der Waals surface area contributed by atoms with Gasteiger partial charge in [-0.05, 0) is 24.3 Å². The van der Waals surface area contributed by atoms with Crippen LogP contribution in [0.5, 0.6) is 0 Å². The van der Waals surface area contributed by atoms with Gasteiger partial charge in [-0.1, -0.05) is 12.1 Å². The number of benzene rings is 1. The van der Waals surface area contributed by atoms with Gasteiger partial charge < -0.3 is 25.4 Å². The van der Waals surface area contributed by atoms with Crippen molar-refractivity contribution in [2.24, 2.45) is 0 Å². The Hall–Kier alpha value is -3.30. The quantitative estimate of drug-likeness (QED) is 0.661. The summed E-state index contributed by atoms with van der Waals surface area (Å²) < 4.78 is 11.6. The van der Waals surface area contributed by atoms with E-state index < -0.39 is 5.79 Å². The van der Waals surface area contributed by atoms with Crippen molar-refractivity contribution < 1.29 is 14.3 Å². The van der Waals surface area contributed by atoms with Crippen molar-refractivity contribution in [3.05, 3.63) is 42.0 Å². The number of ether oxygens (including phenoxy) is 2. The van der Waals surface area contributed by atoms with E-state index in [1.54, 1.807) is 13.1 Å². The third-order valence-electron chi connectivity index (χ3n) is 5.85. The summed E-state index contributed by atoms with van der Waals surface area (Å²) in [5.74, 6) is 0.350. The van der Waals surface area contributed by atoms with Gasteiger partial charge in [-0.2, -0.15) is 9.97 Å². The third kappa shape index (κ3) is 3.66. The number of hydrogen-bond donors (Lipinski definition) is 2. The molecule has 1 amide bonds. The fraction of sp³-hybridized carbons (Fsp3) is 0.364. The van der Waals surface area contributed by atoms with Crippen LogP contribution >= 0.6 is 0 Å². The summed E-state index contributed by atoms with van der Waals surface area (Å²) in [4.78, 5) is 28.0. The SMILES string of the molecule is CNC(=O)c1cccc(-c2ccc3c(N)nc(N4CCC5(CC4)OCCO5)nc3n2)c1. The largest absolute Gasteiger partial charge is 0.383 e. The zero-order valence-corrected chi connectivity index (χ0v) is 17.3. The van der Waals surface area contributed by atoms with E-state index in [9.17, 15) is 4.79 Å². The first kappa shape index (κ1) is 19.7. The maximum Gasteiger partial charge on any atom is 0.251 e. The van der Waals surface area contributed by atoms with E-state index in [1.807, 2.05) is 30.3 Å². The van der Waals surface area contributed by atoms with Crippen molar-refractivity contribution in [2.75, 3.05) is 44.0 Å². The van der Waals surface area contributed by atoms with Gasteiger partial charge in [0, 0.05) is 44.1 Å². The third-order valence-corrected chi connectivity index (χ3v) is 5.85. The molecule has 2 aliphatic heterocycles. The molecule has 31 heavy (non-hydrogen) atoms. The van der Waals surface area contributed by atoms with Gasteiger partial charge in [-0.3, -0.25) is 4.79 Å². The molecule has 9 nitrogen and oxygen atoms in total. The highest BCUT2D eigenvalue weighted by atomic mass is 16.7. The number of carbonyl (C=O) groups excluding carboxylic acids is 1. The van der Waals surface area contributed by atoms with Crippen molar-refractivity contribution >= 4 is 28.7 Å². The Kier molecular flexibility index (Phi) is 4.91. The fourth-order valence-corrected chi connectivity index (χ4v) is 4.12. The number of pyridine rings is 1. The number of rotatable bonds is 3. The number of nitrogens with zero attached hydrogens (tertiary/aromatic N) is 4. The molecule has 2 fully saturated rings. The number of nitrogens with two attached hydrogens (primary N) is 1. The summed E-state index contributed by atoms with van der Waals surface area (Å²) in [6.07, 6.45) is 1.52. The molecule has 2 aromatic heterocycles. The Morgan fingerprint density at radius 3 is 2.61 bits per heavy atom. The molecule has 2 saturated heterocycles. The molecule has 1 spiro atoms. The lowest BCUT2D eigenvalue weighted by atomic mass is 10.0. The zero-order valence-electron chi connectivity index (χ0n) is 17.3. The molecule has 0 unspecified atom stereocenters. The second-order valence-corrected chi connectivity index (χ2v) is 7.73. The average molecular weight is 420 g/mol. The standard InChI is InChI=1S/C22H24N6O3/c1-24-20(29)15-4-2-3-14(13-15)17-6-5-16-18(23)26-21(27-19(16)25-17)28-9-7-22(8-10-28)30-11-12-31-22/h2-6,13H,7-12H2,1H3,(H,24,29)(H2,23,25,26,27). The molecule has 2 aliphatic rings. The van der Waals surface area contributed by atoms with Crippen molar-refractivity contribution in [3.8, 4) is 11.3 Å². The fourth-order valence-electron chi connectivity index (χ4n) is 4.12. The summed E-state index contributed by atoms with van der Waals surface area (Å²) >= 11 is 0. The van der Waals surface area contributed by atoms with Crippen LogP contribution in [0.3, 0.4) is 0 Å². The van der Waals surface area contributed by atoms with Crippen LogP contribution in [0.15, 0.2) is 36.4 Å². The predicted molar refractivity (Wildman–Crippen MR) is 117 cm³/mol. The highest BCUT2D eigenvalue weighted by molar-refractivity contribution is 5.95. The number of hydrogen-bond acceptors (Lipinski definition) is 8. The van der Waals surface area contributed by atoms with Crippen LogP contribution in [-0.2, 0) is 9.47 Å². The van der Waals surface area contributed by atoms with Gasteiger partial charge in [0.1, 0.15) is 5.82 Å². The zero-order chi connectivity index (χ0) is 21.4. The Labute approximate surface area is 179 Å². The van der Waals surface area contributed by atoms with Crippen LogP contribution in [0.4, 0.5) is 11.8 Å². The molecule has 0 atom stereocenters. The highest BCUT2D eigenvalue weighted by Gasteiger charge is 2.40. The van der Waals surface area contributed by atoms with Gasteiger partial charge >= 0.3 is 0 Å². The van der Waals surface area contributed by atoms with E-state index >= 15 is 0 Å². The molecule has 1 aromatic carbocycles. The van der Waals surface area contributed by atoms with Crippen molar-refractivity contribution in [1.29, 1.82) is 0 Å². The number of fused-ring (bicyclic) bond motifs is 1. The summed E-state index contributed by atoms with van der Waals surface area (Å²) in [5.41, 5.74) is 8.88. The summed E-state index contributed by atoms with van der Waals surface area (Å²) in [5, 5.41) is 3.34. The first-order valence-corrected chi connectivity index (χ1v) is 10.4. The number of amides is 1. The number of carbonyl (C=O) groups is 1. The maximum atomic E-state index is 12.0. The summed E-state index contributed by atoms with van der Waals surface area (Å²) in [7, 11) is 1.61. The monoisotopic (exact) mass is 420 g/mol. The Bertz CT molecular complexity index is 1140. The Morgan fingerprint density at radius 2 is 1.87 bits per heavy atom. The molecular weight excluding hydrogens is 396 g/mol. The van der Waals surface area contributed by atoms with Crippen molar-refractivity contribution in [3.63, 3.8) is 0 Å². The van der Waals surface area contributed by atoms with E-state index in [0.29, 0.717) is 47.3 Å². The van der Waals surface area contributed by atoms with Crippen molar-refractivity contribution in [1.82, 2.24) is 20.3 Å². The van der Waals surface area contributed by atoms with Crippen LogP contribution in [0.25, 0.3) is 22.3 Å². The van der Waals surface area contributed by atoms with Crippen molar-refractivity contribution in [2.45, 2.75) is 18.6 Å². The van der Waals surface area contributed by atoms with Gasteiger partial charge in [0.15, 0.2) is 11.4 Å². The molecule has 0 aliphatic carbocycles. The minimum absolute atomic E-state index is 0.144. The van der Waals surface area contributed by atoms with E-state index in [2.05, 4.69) is 15.2 Å². The Morgan fingerprint density at radius 1 is 1.10 bits per heavy atom. The first-order chi connectivity index (χ1) is 15.1. The van der Waals surface area contributed by atoms with Gasteiger partial charge in [-0.15, -0.1) is 0 Å². The number of piperidine rings is 1. The molecular formula is C22H24N6O3. The van der Waals surface area contributed by atoms with E-state index in [1.165, 1.54) is 0 Å². The normalized spacial score (nSPS) is 17.9. The van der Waals surface area contributed by atoms with Gasteiger partial charge in [0.2, 0.25) is 5.95 Å². The smallest absolute Gasteiger partial charge is 0.251 e. The number of nitrogen functional groups attached to an aromatic ring is 1. The minimum atomic E-state index is -0.458. The summed E-state index contributed by atoms with van der Waals surface area (Å²) in [6.45, 7) is 2.73. The van der Waals surface area contributed by atoms with Crippen LogP contribution < -0.4 is 16.0 Å². The van der Waals surface area contributed by atoms with Crippen LogP contribution in [0.1, 0.15) is 23.2 Å². The van der Waals surface area contributed by atoms with Gasteiger partial charge in [-0.25, -0.2) is 4.98 Å². The molecule has 160 valence electrons. The molecule has 4 heterocycles. The second kappa shape index (κ2) is 7.75. The second-order valence-electron chi connectivity index (χ2n) is 7.73.